The van der Waals surface area contributed by atoms with Gasteiger partial charge >= 0.3 is 21.1 Å². The van der Waals surface area contributed by atoms with Crippen molar-refractivity contribution in [2.75, 3.05) is 13.1 Å². The summed E-state index contributed by atoms with van der Waals surface area (Å²) in [6.45, 7) is 2.17. The molecule has 1 saturated heterocycles. The summed E-state index contributed by atoms with van der Waals surface area (Å²) in [6, 6.07) is 21.6. The number of hydrogen-bond acceptors (Lipinski definition) is 1. The molecule has 0 unspecified atom stereocenters. The molecule has 1 N–H and O–H groups in total. The molecule has 1 fully saturated rings. The van der Waals surface area contributed by atoms with Crippen LogP contribution in [0.1, 0.15) is 0 Å². The van der Waals surface area contributed by atoms with Crippen LogP contribution in [0.4, 0.5) is 5.69 Å². The van der Waals surface area contributed by atoms with E-state index in [0.717, 1.165) is 13.1 Å². The Hall–Kier alpha value is -0.00779. The van der Waals surface area contributed by atoms with Crippen molar-refractivity contribution in [2.24, 2.45) is 0 Å². The molecule has 3 rings (SSSR count). The first-order valence-electron chi connectivity index (χ1n) is 5.84. The van der Waals surface area contributed by atoms with Gasteiger partial charge in [-0.15, -0.1) is 5.69 Å². The second-order valence-electron chi connectivity index (χ2n) is 3.77. The Morgan fingerprint density at radius 1 is 1.00 bits per heavy atom. The van der Waals surface area contributed by atoms with Gasteiger partial charge in [0.15, 0.2) is 0 Å². The van der Waals surface area contributed by atoms with E-state index in [1.54, 1.807) is 12.1 Å². The van der Waals surface area contributed by atoms with E-state index in [4.69, 9.17) is 5.73 Å². The van der Waals surface area contributed by atoms with Gasteiger partial charge in [0, 0.05) is 32.7 Å². The van der Waals surface area contributed by atoms with Gasteiger partial charge in [0.05, 0.1) is 0 Å². The molecule has 1 aliphatic heterocycles. The van der Waals surface area contributed by atoms with Crippen LogP contribution in [0.5, 0.6) is 0 Å². The third-order valence-corrected chi connectivity index (χ3v) is 2.16. The quantitative estimate of drug-likeness (QED) is 0.489. The van der Waals surface area contributed by atoms with E-state index in [-0.39, 0.29) is 53.8 Å². The standard InChI is InChI=1S/C6H6N.C6H5.C4H7N.W.Y/c7-6-4-2-1-3-5-6;1-2-4-6-5-3-1;1-5-3-2-4-5;;/h1-5,7H;1-5H;2H,1,3-4H2;;/q2*-1;-2;+2;. The molecule has 4 heteroatoms. The smallest absolute Gasteiger partial charge is 0.699 e. The number of nitrogens with zero attached hydrogens (tertiary/aromatic N) is 1. The molecule has 2 aromatic rings. The van der Waals surface area contributed by atoms with Gasteiger partial charge in [-0.2, -0.15) is 49.5 Å². The van der Waals surface area contributed by atoms with E-state index in [1.807, 2.05) is 53.4 Å². The van der Waals surface area contributed by atoms with Crippen molar-refractivity contribution in [1.29, 1.82) is 0 Å². The molecule has 2 aromatic carbocycles. The molecule has 0 atom stereocenters. The van der Waals surface area contributed by atoms with Gasteiger partial charge in [-0.25, -0.2) is 0 Å². The monoisotopic (exact) mass is 511 g/mol. The molecular formula is C16H18N2WY-2. The molecule has 0 amide bonds. The van der Waals surface area contributed by atoms with E-state index in [9.17, 15) is 0 Å². The van der Waals surface area contributed by atoms with Crippen LogP contribution in [0, 0.1) is 19.5 Å². The Balaban J connectivity index is 0. The second kappa shape index (κ2) is 15.4. The average Bonchev–Trinajstić information content (AvgIpc) is 2.41. The molecule has 1 heterocycles. The predicted molar refractivity (Wildman–Crippen MR) is 76.9 cm³/mol. The summed E-state index contributed by atoms with van der Waals surface area (Å²) >= 11 is 0. The Morgan fingerprint density at radius 3 is 1.60 bits per heavy atom. The van der Waals surface area contributed by atoms with Crippen LogP contribution in [0.25, 0.3) is 5.73 Å². The molecule has 2 nitrogen and oxygen atoms in total. The Kier molecular flexibility index (Phi) is 17.1. The predicted octanol–water partition coefficient (Wildman–Crippen LogP) is 4.15. The van der Waals surface area contributed by atoms with Gasteiger partial charge < -0.3 is 17.1 Å². The van der Waals surface area contributed by atoms with E-state index >= 15 is 0 Å². The number of likely N-dealkylation sites (tertiary alicyclic amines) is 1. The number of nitrogens with one attached hydrogen (secondary N) is 1. The minimum absolute atomic E-state index is 0. The molecular weight excluding hydrogens is 493 g/mol. The van der Waals surface area contributed by atoms with Crippen LogP contribution in [0.2, 0.25) is 0 Å². The van der Waals surface area contributed by atoms with E-state index in [1.165, 1.54) is 0 Å². The van der Waals surface area contributed by atoms with Crippen LogP contribution in [0.15, 0.2) is 60.7 Å². The molecule has 20 heavy (non-hydrogen) atoms. The normalized spacial score (nSPS) is 11.8. The van der Waals surface area contributed by atoms with Gasteiger partial charge in [-0.3, -0.25) is 7.05 Å². The maximum absolute atomic E-state index is 7.00. The van der Waals surface area contributed by atoms with Crippen molar-refractivity contribution in [2.45, 2.75) is 0 Å². The fourth-order valence-corrected chi connectivity index (χ4v) is 1.09. The molecule has 103 valence electrons. The molecule has 0 saturated carbocycles. The van der Waals surface area contributed by atoms with Crippen molar-refractivity contribution in [3.63, 3.8) is 0 Å². The fourth-order valence-electron chi connectivity index (χ4n) is 1.09. The average molecular weight is 511 g/mol. The third-order valence-electron chi connectivity index (χ3n) is 2.16. The summed E-state index contributed by atoms with van der Waals surface area (Å²) in [4.78, 5) is 2.00. The molecule has 1 radical (unpaired) electrons. The molecule has 1 aliphatic rings. The first kappa shape index (κ1) is 22.3. The summed E-state index contributed by atoms with van der Waals surface area (Å²) < 4.78 is 0. The van der Waals surface area contributed by atoms with Crippen LogP contribution in [0.3, 0.4) is 0 Å². The topological polar surface area (TPSA) is 27.0 Å². The van der Waals surface area contributed by atoms with Crippen LogP contribution >= 0.6 is 0 Å². The zero-order valence-electron chi connectivity index (χ0n) is 11.4. The van der Waals surface area contributed by atoms with E-state index in [0.29, 0.717) is 5.69 Å². The number of rotatable bonds is 0. The summed E-state index contributed by atoms with van der Waals surface area (Å²) in [5.41, 5.74) is 7.57. The van der Waals surface area contributed by atoms with Gasteiger partial charge in [-0.05, 0) is 0 Å². The van der Waals surface area contributed by atoms with Crippen LogP contribution in [-0.4, -0.2) is 18.0 Å². The van der Waals surface area contributed by atoms with Crippen molar-refractivity contribution in [3.05, 3.63) is 85.9 Å². The zero-order valence-corrected chi connectivity index (χ0v) is 17.2. The Bertz CT molecular complexity index is 367. The second-order valence-corrected chi connectivity index (χ2v) is 3.77. The van der Waals surface area contributed by atoms with Crippen molar-refractivity contribution in [1.82, 2.24) is 4.90 Å². The third kappa shape index (κ3) is 13.0. The summed E-state index contributed by atoms with van der Waals surface area (Å²) in [5.74, 6) is 0. The first-order valence-corrected chi connectivity index (χ1v) is 5.84. The van der Waals surface area contributed by atoms with Gasteiger partial charge in [0.25, 0.3) is 0 Å². The molecule has 0 aliphatic carbocycles. The van der Waals surface area contributed by atoms with Gasteiger partial charge in [0.2, 0.25) is 0 Å². The number of benzene rings is 2. The van der Waals surface area contributed by atoms with E-state index < -0.39 is 0 Å². The maximum atomic E-state index is 7.00. The Labute approximate surface area is 162 Å². The summed E-state index contributed by atoms with van der Waals surface area (Å²) in [6.07, 6.45) is 2.19. The number of hydrogen-bond donors (Lipinski definition) is 0. The van der Waals surface area contributed by atoms with Gasteiger partial charge in [0.1, 0.15) is 0 Å². The largest absolute Gasteiger partial charge is 2.00 e. The molecule has 0 aromatic heterocycles. The summed E-state index contributed by atoms with van der Waals surface area (Å²) in [5, 5.41) is 0. The first-order chi connectivity index (χ1) is 8.79. The fraction of sp³-hybridized carbons (Fsp3) is 0.125. The minimum atomic E-state index is 0. The van der Waals surface area contributed by atoms with Crippen LogP contribution in [-0.2, 0) is 53.8 Å². The molecule has 0 spiro atoms. The van der Waals surface area contributed by atoms with Crippen molar-refractivity contribution < 1.29 is 53.8 Å². The van der Waals surface area contributed by atoms with Gasteiger partial charge in [-0.1, -0.05) is 30.3 Å². The minimum Gasteiger partial charge on any atom is -0.699 e. The SMILES string of the molecule is [CH2-]N1C[CH-]C1.[NH-]c1ccccc1.[W+2].[Y].[c-]1ccccc1. The maximum Gasteiger partial charge on any atom is 2.00 e. The van der Waals surface area contributed by atoms with E-state index in [2.05, 4.69) is 19.5 Å². The molecule has 0 bridgehead atoms. The van der Waals surface area contributed by atoms with Crippen molar-refractivity contribution >= 4 is 5.69 Å². The summed E-state index contributed by atoms with van der Waals surface area (Å²) in [7, 11) is 3.65. The van der Waals surface area contributed by atoms with Crippen molar-refractivity contribution in [3.8, 4) is 0 Å². The zero-order chi connectivity index (χ0) is 13.1. The van der Waals surface area contributed by atoms with Crippen LogP contribution < -0.4 is 0 Å². The Morgan fingerprint density at radius 2 is 1.45 bits per heavy atom.